The molecule has 0 atom stereocenters. The molecule has 3 rings (SSSR count). The summed E-state index contributed by atoms with van der Waals surface area (Å²) in [5, 5.41) is 0. The lowest BCUT2D eigenvalue weighted by atomic mass is 10.2. The van der Waals surface area contributed by atoms with E-state index in [1.54, 1.807) is 13.0 Å². The second kappa shape index (κ2) is 7.57. The van der Waals surface area contributed by atoms with Crippen LogP contribution in [0.5, 0.6) is 0 Å². The maximum Gasteiger partial charge on any atom is 0.261 e. The Kier molecular flexibility index (Phi) is 5.55. The molecule has 2 aromatic rings. The third-order valence-electron chi connectivity index (χ3n) is 4.53. The number of piperidine rings is 1. The normalized spacial score (nSPS) is 16.2. The first-order valence-electron chi connectivity index (χ1n) is 8.59. The van der Waals surface area contributed by atoms with Crippen LogP contribution in [0, 0.1) is 12.7 Å². The lowest BCUT2D eigenvalue weighted by Gasteiger charge is -2.26. The molecule has 9 heteroatoms. The van der Waals surface area contributed by atoms with Crippen molar-refractivity contribution < 1.29 is 21.2 Å². The number of sulfonamides is 2. The molecule has 1 aliphatic heterocycles. The summed E-state index contributed by atoms with van der Waals surface area (Å²) < 4.78 is 67.6. The predicted molar refractivity (Wildman–Crippen MR) is 101 cm³/mol. The molecule has 0 unspecified atom stereocenters. The van der Waals surface area contributed by atoms with E-state index in [1.807, 2.05) is 0 Å². The van der Waals surface area contributed by atoms with Gasteiger partial charge in [0.1, 0.15) is 5.82 Å². The Morgan fingerprint density at radius 2 is 1.48 bits per heavy atom. The second-order valence-electron chi connectivity index (χ2n) is 6.50. The summed E-state index contributed by atoms with van der Waals surface area (Å²) in [7, 11) is -7.64. The Hall–Kier alpha value is -1.97. The number of anilines is 1. The molecule has 0 aliphatic carbocycles. The monoisotopic (exact) mass is 412 g/mol. The summed E-state index contributed by atoms with van der Waals surface area (Å²) in [6.45, 7) is 2.61. The smallest absolute Gasteiger partial charge is 0.261 e. The zero-order valence-corrected chi connectivity index (χ0v) is 16.5. The summed E-state index contributed by atoms with van der Waals surface area (Å²) in [5.41, 5.74) is 0.760. The fourth-order valence-corrected chi connectivity index (χ4v) is 5.61. The molecule has 1 N–H and O–H groups in total. The predicted octanol–water partition coefficient (Wildman–Crippen LogP) is 3.11. The van der Waals surface area contributed by atoms with Gasteiger partial charge in [0.15, 0.2) is 0 Å². The Balaban J connectivity index is 1.92. The first-order valence-corrected chi connectivity index (χ1v) is 11.5. The Morgan fingerprint density at radius 1 is 0.889 bits per heavy atom. The van der Waals surface area contributed by atoms with Crippen molar-refractivity contribution in [1.29, 1.82) is 0 Å². The minimum Gasteiger partial charge on any atom is -0.279 e. The second-order valence-corrected chi connectivity index (χ2v) is 10.1. The minimum atomic E-state index is -3.96. The summed E-state index contributed by atoms with van der Waals surface area (Å²) >= 11 is 0. The molecule has 1 heterocycles. The van der Waals surface area contributed by atoms with Gasteiger partial charge in [-0.15, -0.1) is 0 Å². The molecule has 1 fully saturated rings. The van der Waals surface area contributed by atoms with Crippen LogP contribution in [0.2, 0.25) is 0 Å². The number of nitrogens with zero attached hydrogens (tertiary/aromatic N) is 1. The van der Waals surface area contributed by atoms with Gasteiger partial charge in [0.25, 0.3) is 10.0 Å². The van der Waals surface area contributed by atoms with Crippen LogP contribution in [-0.2, 0) is 20.0 Å². The van der Waals surface area contributed by atoms with Gasteiger partial charge in [-0.25, -0.2) is 21.2 Å². The topological polar surface area (TPSA) is 83.6 Å². The molecule has 146 valence electrons. The van der Waals surface area contributed by atoms with Crippen molar-refractivity contribution in [3.05, 3.63) is 53.8 Å². The number of nitrogens with one attached hydrogen (secondary N) is 1. The van der Waals surface area contributed by atoms with Crippen LogP contribution in [-0.4, -0.2) is 34.2 Å². The van der Waals surface area contributed by atoms with Crippen molar-refractivity contribution in [2.24, 2.45) is 0 Å². The molecular weight excluding hydrogens is 391 g/mol. The van der Waals surface area contributed by atoms with Crippen molar-refractivity contribution in [2.75, 3.05) is 17.8 Å². The highest BCUT2D eigenvalue weighted by molar-refractivity contribution is 7.92. The molecule has 0 spiro atoms. The van der Waals surface area contributed by atoms with Crippen LogP contribution < -0.4 is 4.72 Å². The van der Waals surface area contributed by atoms with Gasteiger partial charge in [-0.2, -0.15) is 4.31 Å². The molecule has 0 amide bonds. The van der Waals surface area contributed by atoms with Gasteiger partial charge in [0.2, 0.25) is 10.0 Å². The van der Waals surface area contributed by atoms with E-state index in [4.69, 9.17) is 0 Å². The van der Waals surface area contributed by atoms with Crippen molar-refractivity contribution in [1.82, 2.24) is 4.31 Å². The minimum absolute atomic E-state index is 0.0480. The van der Waals surface area contributed by atoms with Gasteiger partial charge in [-0.1, -0.05) is 12.5 Å². The van der Waals surface area contributed by atoms with E-state index in [0.29, 0.717) is 18.7 Å². The molecule has 0 saturated carbocycles. The molecule has 0 bridgehead atoms. The van der Waals surface area contributed by atoms with E-state index in [2.05, 4.69) is 4.72 Å². The Morgan fingerprint density at radius 3 is 2.11 bits per heavy atom. The van der Waals surface area contributed by atoms with Crippen LogP contribution in [0.15, 0.2) is 52.3 Å². The maximum atomic E-state index is 13.0. The quantitative estimate of drug-likeness (QED) is 0.818. The van der Waals surface area contributed by atoms with Gasteiger partial charge in [0.05, 0.1) is 15.5 Å². The van der Waals surface area contributed by atoms with Gasteiger partial charge in [-0.05, 0) is 61.7 Å². The van der Waals surface area contributed by atoms with Crippen LogP contribution in [0.1, 0.15) is 24.8 Å². The van der Waals surface area contributed by atoms with E-state index in [-0.39, 0.29) is 15.5 Å². The molecule has 27 heavy (non-hydrogen) atoms. The lowest BCUT2D eigenvalue weighted by molar-refractivity contribution is 0.346. The SMILES string of the molecule is Cc1ccc(S(=O)(=O)N2CCCCC2)cc1NS(=O)(=O)c1ccc(F)cc1. The first-order chi connectivity index (χ1) is 12.7. The number of hydrogen-bond acceptors (Lipinski definition) is 4. The van der Waals surface area contributed by atoms with Crippen LogP contribution >= 0.6 is 0 Å². The van der Waals surface area contributed by atoms with Crippen molar-refractivity contribution in [3.8, 4) is 0 Å². The van der Waals surface area contributed by atoms with E-state index in [9.17, 15) is 21.2 Å². The summed E-state index contributed by atoms with van der Waals surface area (Å²) in [6.07, 6.45) is 2.63. The molecular formula is C18H21FN2O4S2. The molecule has 2 aromatic carbocycles. The largest absolute Gasteiger partial charge is 0.279 e. The highest BCUT2D eigenvalue weighted by Crippen LogP contribution is 2.27. The molecule has 0 aromatic heterocycles. The first kappa shape index (κ1) is 19.8. The van der Waals surface area contributed by atoms with Gasteiger partial charge in [0, 0.05) is 13.1 Å². The Labute approximate surface area is 159 Å². The van der Waals surface area contributed by atoms with Gasteiger partial charge >= 0.3 is 0 Å². The number of rotatable bonds is 5. The zero-order chi connectivity index (χ0) is 19.7. The van der Waals surface area contributed by atoms with E-state index in [0.717, 1.165) is 43.5 Å². The fraction of sp³-hybridized carbons (Fsp3) is 0.333. The fourth-order valence-electron chi connectivity index (χ4n) is 2.94. The number of aryl methyl sites for hydroxylation is 1. The van der Waals surface area contributed by atoms with Crippen LogP contribution in [0.4, 0.5) is 10.1 Å². The average Bonchev–Trinajstić information content (AvgIpc) is 2.64. The third kappa shape index (κ3) is 4.31. The number of hydrogen-bond donors (Lipinski definition) is 1. The van der Waals surface area contributed by atoms with E-state index < -0.39 is 25.9 Å². The third-order valence-corrected chi connectivity index (χ3v) is 7.81. The lowest BCUT2D eigenvalue weighted by Crippen LogP contribution is -2.35. The number of halogens is 1. The maximum absolute atomic E-state index is 13.0. The van der Waals surface area contributed by atoms with Crippen LogP contribution in [0.25, 0.3) is 0 Å². The van der Waals surface area contributed by atoms with Crippen molar-refractivity contribution in [3.63, 3.8) is 0 Å². The summed E-state index contributed by atoms with van der Waals surface area (Å²) in [5.74, 6) is -0.542. The molecule has 1 aliphatic rings. The highest BCUT2D eigenvalue weighted by Gasteiger charge is 2.27. The van der Waals surface area contributed by atoms with E-state index in [1.165, 1.54) is 16.4 Å². The molecule has 6 nitrogen and oxygen atoms in total. The standard InChI is InChI=1S/C18H21FN2O4S2/c1-14-5-8-17(27(24,25)21-11-3-2-4-12-21)13-18(14)20-26(22,23)16-9-6-15(19)7-10-16/h5-10,13,20H,2-4,11-12H2,1H3. The average molecular weight is 413 g/mol. The van der Waals surface area contributed by atoms with E-state index >= 15 is 0 Å². The Bertz CT molecular complexity index is 1030. The zero-order valence-electron chi connectivity index (χ0n) is 14.9. The number of benzene rings is 2. The van der Waals surface area contributed by atoms with Gasteiger partial charge < -0.3 is 0 Å². The molecule has 1 saturated heterocycles. The van der Waals surface area contributed by atoms with Gasteiger partial charge in [-0.3, -0.25) is 4.72 Å². The highest BCUT2D eigenvalue weighted by atomic mass is 32.2. The molecule has 0 radical (unpaired) electrons. The van der Waals surface area contributed by atoms with Crippen LogP contribution in [0.3, 0.4) is 0 Å². The van der Waals surface area contributed by atoms with Crippen molar-refractivity contribution >= 4 is 25.7 Å². The summed E-state index contributed by atoms with van der Waals surface area (Å²) in [4.78, 5) is -0.0561. The van der Waals surface area contributed by atoms with Crippen molar-refractivity contribution in [2.45, 2.75) is 36.0 Å². The summed E-state index contributed by atoms with van der Waals surface area (Å²) in [6, 6.07) is 8.80.